The Kier molecular flexibility index (Phi) is 8.55. The van der Waals surface area contributed by atoms with Gasteiger partial charge >= 0.3 is 18.1 Å². The number of benzene rings is 3. The largest absolute Gasteiger partial charge is 0.506 e. The molecule has 216 valence electrons. The van der Waals surface area contributed by atoms with E-state index in [-0.39, 0.29) is 36.9 Å². The Morgan fingerprint density at radius 2 is 1.88 bits per heavy atom. The summed E-state index contributed by atoms with van der Waals surface area (Å²) in [6.07, 6.45) is -3.52. The zero-order valence-electron chi connectivity index (χ0n) is 23.0. The maximum atomic E-state index is 13.7. The first kappa shape index (κ1) is 29.4. The number of ether oxygens (including phenoxy) is 2. The average molecular weight is 570 g/mol. The number of aromatic nitrogens is 2. The third-order valence-corrected chi connectivity index (χ3v) is 6.88. The monoisotopic (exact) mass is 569 g/mol. The first-order chi connectivity index (χ1) is 19.6. The van der Waals surface area contributed by atoms with Gasteiger partial charge in [0, 0.05) is 23.2 Å². The van der Waals surface area contributed by atoms with Crippen LogP contribution in [0.4, 0.5) is 18.9 Å². The number of alkyl halides is 3. The lowest BCUT2D eigenvalue weighted by Crippen LogP contribution is -2.41. The molecule has 1 aromatic heterocycles. The van der Waals surface area contributed by atoms with Gasteiger partial charge in [-0.3, -0.25) is 14.2 Å². The summed E-state index contributed by atoms with van der Waals surface area (Å²) in [7, 11) is 1.28. The van der Waals surface area contributed by atoms with Gasteiger partial charge < -0.3 is 19.5 Å². The number of fused-ring (bicyclic) bond motifs is 2. The van der Waals surface area contributed by atoms with Crippen LogP contribution in [0.1, 0.15) is 42.9 Å². The molecule has 41 heavy (non-hydrogen) atoms. The highest BCUT2D eigenvalue weighted by atomic mass is 19.4. The number of hydrogen-bond donors (Lipinski definition) is 1. The molecule has 1 aliphatic heterocycles. The van der Waals surface area contributed by atoms with Crippen molar-refractivity contribution in [3.05, 3.63) is 77.6 Å². The van der Waals surface area contributed by atoms with Gasteiger partial charge in [0.15, 0.2) is 0 Å². The molecule has 3 aromatic carbocycles. The van der Waals surface area contributed by atoms with Crippen LogP contribution in [0.5, 0.6) is 11.5 Å². The lowest BCUT2D eigenvalue weighted by molar-refractivity contribution is -0.170. The van der Waals surface area contributed by atoms with Crippen molar-refractivity contribution >= 4 is 28.6 Å². The minimum Gasteiger partial charge on any atom is -0.506 e. The molecule has 2 heterocycles. The van der Waals surface area contributed by atoms with E-state index >= 15 is 0 Å². The molecule has 0 unspecified atom stereocenters. The standard InChI is InChI=1S/C28H24F3N3O5.C2H6/c1-16-17(5-3-6-21(16)34-15-32-26-22(34)7-4-8-23(26)35)13-33(27(37)28(29,30)31)19-9-10-20-18(11-25(36)38-2)14-39-24(20)12-19;1-2/h3-10,12,15,18,35H,11,13-14H2,1-2H3;1-2H3/t18-;/m1./s1. The van der Waals surface area contributed by atoms with Crippen LogP contribution in [0.15, 0.2) is 60.9 Å². The molecule has 1 aliphatic rings. The van der Waals surface area contributed by atoms with E-state index in [9.17, 15) is 27.9 Å². The van der Waals surface area contributed by atoms with Crippen molar-refractivity contribution in [3.63, 3.8) is 0 Å². The van der Waals surface area contributed by atoms with Crippen LogP contribution in [0, 0.1) is 6.92 Å². The molecular formula is C30H30F3N3O5. The number of carbonyl (C=O) groups excluding carboxylic acids is 2. The minimum atomic E-state index is -5.11. The lowest BCUT2D eigenvalue weighted by atomic mass is 9.97. The second kappa shape index (κ2) is 11.9. The molecule has 0 saturated heterocycles. The molecule has 4 aromatic rings. The number of hydrogen-bond acceptors (Lipinski definition) is 6. The number of carbonyl (C=O) groups is 2. The molecule has 1 N–H and O–H groups in total. The summed E-state index contributed by atoms with van der Waals surface area (Å²) in [5.74, 6) is -2.41. The van der Waals surface area contributed by atoms with Crippen LogP contribution >= 0.6 is 0 Å². The summed E-state index contributed by atoms with van der Waals surface area (Å²) in [5.41, 5.74) is 3.45. The molecule has 11 heteroatoms. The first-order valence-electron chi connectivity index (χ1n) is 13.0. The van der Waals surface area contributed by atoms with E-state index in [2.05, 4.69) is 4.98 Å². The number of aromatic hydroxyl groups is 1. The van der Waals surface area contributed by atoms with Gasteiger partial charge in [0.2, 0.25) is 0 Å². The van der Waals surface area contributed by atoms with E-state index in [1.54, 1.807) is 47.9 Å². The summed E-state index contributed by atoms with van der Waals surface area (Å²) >= 11 is 0. The summed E-state index contributed by atoms with van der Waals surface area (Å²) in [6.45, 7) is 5.57. The van der Waals surface area contributed by atoms with Gasteiger partial charge in [-0.2, -0.15) is 13.2 Å². The first-order valence-corrected chi connectivity index (χ1v) is 13.0. The zero-order chi connectivity index (χ0) is 29.9. The number of rotatable bonds is 6. The molecular weight excluding hydrogens is 539 g/mol. The second-order valence-corrected chi connectivity index (χ2v) is 9.22. The number of imidazole rings is 1. The van der Waals surface area contributed by atoms with Gasteiger partial charge in [-0.05, 0) is 42.3 Å². The molecule has 0 fully saturated rings. The molecule has 0 bridgehead atoms. The van der Waals surface area contributed by atoms with E-state index in [0.29, 0.717) is 44.1 Å². The van der Waals surface area contributed by atoms with Crippen LogP contribution in [0.2, 0.25) is 0 Å². The fourth-order valence-electron chi connectivity index (χ4n) is 4.81. The Morgan fingerprint density at radius 1 is 1.15 bits per heavy atom. The van der Waals surface area contributed by atoms with Crippen molar-refractivity contribution in [1.82, 2.24) is 9.55 Å². The normalized spacial score (nSPS) is 14.1. The Bertz CT molecular complexity index is 1580. The van der Waals surface area contributed by atoms with Gasteiger partial charge in [0.25, 0.3) is 0 Å². The maximum absolute atomic E-state index is 13.7. The Balaban J connectivity index is 0.00000189. The number of phenolic OH excluding ortho intramolecular Hbond substituents is 1. The van der Waals surface area contributed by atoms with Gasteiger partial charge in [-0.25, -0.2) is 4.98 Å². The third kappa shape index (κ3) is 5.84. The smallest absolute Gasteiger partial charge is 0.471 e. The van der Waals surface area contributed by atoms with Gasteiger partial charge in [0.1, 0.15) is 23.3 Å². The van der Waals surface area contributed by atoms with Crippen LogP contribution in [-0.4, -0.2) is 46.4 Å². The number of phenols is 1. The van der Waals surface area contributed by atoms with Crippen LogP contribution in [0.25, 0.3) is 16.7 Å². The molecule has 5 rings (SSSR count). The predicted molar refractivity (Wildman–Crippen MR) is 147 cm³/mol. The molecule has 0 radical (unpaired) electrons. The van der Waals surface area contributed by atoms with E-state index in [4.69, 9.17) is 9.47 Å². The number of halogens is 3. The molecule has 0 saturated carbocycles. The summed E-state index contributed by atoms with van der Waals surface area (Å²) in [4.78, 5) is 29.2. The highest BCUT2D eigenvalue weighted by molar-refractivity contribution is 5.97. The molecule has 8 nitrogen and oxygen atoms in total. The quantitative estimate of drug-likeness (QED) is 0.278. The van der Waals surface area contributed by atoms with E-state index < -0.39 is 18.1 Å². The number of esters is 1. The van der Waals surface area contributed by atoms with Crippen molar-refractivity contribution < 1.29 is 37.3 Å². The molecule has 1 amide bonds. The topological polar surface area (TPSA) is 93.9 Å². The average Bonchev–Trinajstić information content (AvgIpc) is 3.57. The fraction of sp³-hybridized carbons (Fsp3) is 0.300. The number of nitrogens with zero attached hydrogens (tertiary/aromatic N) is 3. The molecule has 0 aliphatic carbocycles. The van der Waals surface area contributed by atoms with Gasteiger partial charge in [0.05, 0.1) is 37.9 Å². The minimum absolute atomic E-state index is 0.00894. The highest BCUT2D eigenvalue weighted by Gasteiger charge is 2.43. The maximum Gasteiger partial charge on any atom is 0.471 e. The summed E-state index contributed by atoms with van der Waals surface area (Å²) < 4.78 is 53.2. The Labute approximate surface area is 234 Å². The van der Waals surface area contributed by atoms with Crippen molar-refractivity contribution in [1.29, 1.82) is 0 Å². The number of methoxy groups -OCH3 is 1. The molecule has 0 spiro atoms. The van der Waals surface area contributed by atoms with Crippen molar-refractivity contribution in [2.75, 3.05) is 18.6 Å². The predicted octanol–water partition coefficient (Wildman–Crippen LogP) is 6.20. The highest BCUT2D eigenvalue weighted by Crippen LogP contribution is 2.40. The van der Waals surface area contributed by atoms with E-state index in [1.807, 2.05) is 13.8 Å². The lowest BCUT2D eigenvalue weighted by Gasteiger charge is -2.26. The van der Waals surface area contributed by atoms with Gasteiger partial charge in [-0.1, -0.05) is 38.1 Å². The molecule has 1 atom stereocenters. The Hall–Kier alpha value is -4.54. The van der Waals surface area contributed by atoms with Gasteiger partial charge in [-0.15, -0.1) is 0 Å². The fourth-order valence-corrected chi connectivity index (χ4v) is 4.81. The van der Waals surface area contributed by atoms with Crippen LogP contribution < -0.4 is 9.64 Å². The van der Waals surface area contributed by atoms with Crippen molar-refractivity contribution in [2.45, 2.75) is 45.8 Å². The SMILES string of the molecule is CC.COC(=O)C[C@@H]1COc2cc(N(Cc3cccc(-n4cnc5c(O)cccc54)c3C)C(=O)C(F)(F)F)ccc21. The van der Waals surface area contributed by atoms with E-state index in [0.717, 1.165) is 0 Å². The summed E-state index contributed by atoms with van der Waals surface area (Å²) in [5, 5.41) is 10.1. The number of amides is 1. The second-order valence-electron chi connectivity index (χ2n) is 9.22. The third-order valence-electron chi connectivity index (χ3n) is 6.88. The van der Waals surface area contributed by atoms with Crippen molar-refractivity contribution in [3.8, 4) is 17.2 Å². The van der Waals surface area contributed by atoms with Crippen LogP contribution in [-0.2, 0) is 20.9 Å². The van der Waals surface area contributed by atoms with E-state index in [1.165, 1.54) is 31.6 Å². The Morgan fingerprint density at radius 3 is 2.59 bits per heavy atom. The van der Waals surface area contributed by atoms with Crippen LogP contribution in [0.3, 0.4) is 0 Å². The van der Waals surface area contributed by atoms with Crippen molar-refractivity contribution in [2.24, 2.45) is 0 Å². The number of para-hydroxylation sites is 1. The summed E-state index contributed by atoms with van der Waals surface area (Å²) in [6, 6.07) is 14.5. The number of anilines is 1. The zero-order valence-corrected chi connectivity index (χ0v) is 23.0.